The van der Waals surface area contributed by atoms with E-state index >= 15 is 0 Å². The molecule has 0 aliphatic carbocycles. The SMILES string of the molecule is CC(=O)N(C=O)C1CCCNC1. The molecule has 0 aromatic heterocycles. The molecule has 1 unspecified atom stereocenters. The highest BCUT2D eigenvalue weighted by atomic mass is 16.2. The van der Waals surface area contributed by atoms with E-state index in [1.807, 2.05) is 0 Å². The molecule has 1 fully saturated rings. The summed E-state index contributed by atoms with van der Waals surface area (Å²) in [6.45, 7) is 3.14. The van der Waals surface area contributed by atoms with Gasteiger partial charge >= 0.3 is 0 Å². The van der Waals surface area contributed by atoms with Crippen LogP contribution in [0.1, 0.15) is 19.8 Å². The maximum atomic E-state index is 10.9. The molecule has 0 saturated carbocycles. The molecule has 2 amide bonds. The van der Waals surface area contributed by atoms with Crippen LogP contribution in [0.2, 0.25) is 0 Å². The van der Waals surface area contributed by atoms with Crippen LogP contribution in [-0.2, 0) is 9.59 Å². The highest BCUT2D eigenvalue weighted by Gasteiger charge is 2.21. The fraction of sp³-hybridized carbons (Fsp3) is 0.750. The van der Waals surface area contributed by atoms with E-state index < -0.39 is 0 Å². The van der Waals surface area contributed by atoms with Crippen molar-refractivity contribution in [3.05, 3.63) is 0 Å². The van der Waals surface area contributed by atoms with E-state index in [2.05, 4.69) is 5.32 Å². The Balaban J connectivity index is 2.51. The molecule has 1 heterocycles. The molecule has 1 N–H and O–H groups in total. The van der Waals surface area contributed by atoms with Gasteiger partial charge in [-0.15, -0.1) is 0 Å². The highest BCUT2D eigenvalue weighted by Crippen LogP contribution is 2.08. The zero-order valence-corrected chi connectivity index (χ0v) is 7.25. The molecule has 0 aromatic carbocycles. The number of carbonyl (C=O) groups excluding carboxylic acids is 2. The summed E-state index contributed by atoms with van der Waals surface area (Å²) in [4.78, 5) is 22.7. The zero-order valence-electron chi connectivity index (χ0n) is 7.25. The molecule has 1 aliphatic heterocycles. The molecule has 0 radical (unpaired) electrons. The lowest BCUT2D eigenvalue weighted by atomic mass is 10.1. The molecule has 0 aromatic rings. The van der Waals surface area contributed by atoms with Crippen LogP contribution in [0.4, 0.5) is 0 Å². The molecule has 1 aliphatic rings. The van der Waals surface area contributed by atoms with Crippen LogP contribution in [0.15, 0.2) is 0 Å². The minimum atomic E-state index is -0.168. The molecule has 0 spiro atoms. The van der Waals surface area contributed by atoms with E-state index in [1.165, 1.54) is 11.8 Å². The van der Waals surface area contributed by atoms with Crippen molar-refractivity contribution in [2.45, 2.75) is 25.8 Å². The van der Waals surface area contributed by atoms with Crippen molar-refractivity contribution in [2.75, 3.05) is 13.1 Å². The molecule has 12 heavy (non-hydrogen) atoms. The predicted molar refractivity (Wildman–Crippen MR) is 44.5 cm³/mol. The molecule has 0 bridgehead atoms. The molecule has 1 atom stereocenters. The van der Waals surface area contributed by atoms with Crippen LogP contribution in [-0.4, -0.2) is 36.3 Å². The van der Waals surface area contributed by atoms with Crippen LogP contribution in [0.3, 0.4) is 0 Å². The van der Waals surface area contributed by atoms with E-state index in [0.717, 1.165) is 25.9 Å². The Kier molecular flexibility index (Phi) is 3.22. The molecule has 68 valence electrons. The third-order valence-corrected chi connectivity index (χ3v) is 2.14. The fourth-order valence-corrected chi connectivity index (χ4v) is 1.49. The number of imide groups is 1. The quantitative estimate of drug-likeness (QED) is 0.581. The van der Waals surface area contributed by atoms with E-state index in [9.17, 15) is 9.59 Å². The number of hydrogen-bond donors (Lipinski definition) is 1. The summed E-state index contributed by atoms with van der Waals surface area (Å²) in [5.74, 6) is -0.168. The van der Waals surface area contributed by atoms with Crippen LogP contribution in [0.5, 0.6) is 0 Å². The van der Waals surface area contributed by atoms with E-state index in [4.69, 9.17) is 0 Å². The Labute approximate surface area is 71.9 Å². The van der Waals surface area contributed by atoms with Gasteiger partial charge in [-0.05, 0) is 19.4 Å². The highest BCUT2D eigenvalue weighted by molar-refractivity contribution is 5.84. The smallest absolute Gasteiger partial charge is 0.226 e. The third-order valence-electron chi connectivity index (χ3n) is 2.14. The van der Waals surface area contributed by atoms with E-state index in [0.29, 0.717) is 6.41 Å². The summed E-state index contributed by atoms with van der Waals surface area (Å²) >= 11 is 0. The van der Waals surface area contributed by atoms with Gasteiger partial charge in [-0.2, -0.15) is 0 Å². The summed E-state index contributed by atoms with van der Waals surface area (Å²) in [7, 11) is 0. The van der Waals surface area contributed by atoms with Crippen molar-refractivity contribution in [2.24, 2.45) is 0 Å². The second-order valence-corrected chi connectivity index (χ2v) is 3.03. The second-order valence-electron chi connectivity index (χ2n) is 3.03. The maximum absolute atomic E-state index is 10.9. The summed E-state index contributed by atoms with van der Waals surface area (Å²) in [5, 5.41) is 3.15. The Bertz CT molecular complexity index is 176. The molecule has 1 saturated heterocycles. The topological polar surface area (TPSA) is 49.4 Å². The van der Waals surface area contributed by atoms with Gasteiger partial charge in [-0.25, -0.2) is 0 Å². The lowest BCUT2D eigenvalue weighted by Crippen LogP contribution is -2.47. The first-order valence-electron chi connectivity index (χ1n) is 4.20. The molecule has 4 heteroatoms. The minimum absolute atomic E-state index is 0.0637. The lowest BCUT2D eigenvalue weighted by Gasteiger charge is -2.29. The van der Waals surface area contributed by atoms with Crippen LogP contribution in [0, 0.1) is 0 Å². The van der Waals surface area contributed by atoms with Crippen molar-refractivity contribution >= 4 is 12.3 Å². The van der Waals surface area contributed by atoms with E-state index in [1.54, 1.807) is 0 Å². The minimum Gasteiger partial charge on any atom is -0.315 e. The van der Waals surface area contributed by atoms with Gasteiger partial charge in [0.05, 0.1) is 6.04 Å². The van der Waals surface area contributed by atoms with Crippen molar-refractivity contribution in [3.63, 3.8) is 0 Å². The third kappa shape index (κ3) is 2.04. The molecular formula is C8H14N2O2. The van der Waals surface area contributed by atoms with Crippen LogP contribution < -0.4 is 5.32 Å². The first kappa shape index (κ1) is 9.19. The van der Waals surface area contributed by atoms with Crippen molar-refractivity contribution in [1.29, 1.82) is 0 Å². The Morgan fingerprint density at radius 3 is 2.83 bits per heavy atom. The van der Waals surface area contributed by atoms with Gasteiger partial charge in [0.25, 0.3) is 0 Å². The Morgan fingerprint density at radius 1 is 1.67 bits per heavy atom. The average molecular weight is 170 g/mol. The number of piperidine rings is 1. The van der Waals surface area contributed by atoms with Gasteiger partial charge in [0.15, 0.2) is 0 Å². The summed E-state index contributed by atoms with van der Waals surface area (Å²) < 4.78 is 0. The van der Waals surface area contributed by atoms with Gasteiger partial charge in [0.1, 0.15) is 0 Å². The monoisotopic (exact) mass is 170 g/mol. The number of nitrogens with zero attached hydrogens (tertiary/aromatic N) is 1. The summed E-state index contributed by atoms with van der Waals surface area (Å²) in [6.07, 6.45) is 2.58. The van der Waals surface area contributed by atoms with E-state index in [-0.39, 0.29) is 11.9 Å². The lowest BCUT2D eigenvalue weighted by molar-refractivity contribution is -0.139. The standard InChI is InChI=1S/C8H14N2O2/c1-7(12)10(6-11)8-3-2-4-9-5-8/h6,8-9H,2-5H2,1H3. The summed E-state index contributed by atoms with van der Waals surface area (Å²) in [6, 6.07) is 0.0637. The zero-order chi connectivity index (χ0) is 8.97. The summed E-state index contributed by atoms with van der Waals surface area (Å²) in [5.41, 5.74) is 0. The fourth-order valence-electron chi connectivity index (χ4n) is 1.49. The number of carbonyl (C=O) groups is 2. The Morgan fingerprint density at radius 2 is 2.42 bits per heavy atom. The number of rotatable bonds is 2. The van der Waals surface area contributed by atoms with Gasteiger partial charge in [-0.3, -0.25) is 14.5 Å². The first-order valence-corrected chi connectivity index (χ1v) is 4.20. The number of amides is 2. The molecule has 1 rings (SSSR count). The normalized spacial score (nSPS) is 23.2. The molecule has 4 nitrogen and oxygen atoms in total. The molecular weight excluding hydrogens is 156 g/mol. The number of hydrogen-bond acceptors (Lipinski definition) is 3. The van der Waals surface area contributed by atoms with Gasteiger partial charge in [0.2, 0.25) is 12.3 Å². The maximum Gasteiger partial charge on any atom is 0.226 e. The van der Waals surface area contributed by atoms with Gasteiger partial charge in [0, 0.05) is 13.5 Å². The van der Waals surface area contributed by atoms with Gasteiger partial charge in [-0.1, -0.05) is 0 Å². The second kappa shape index (κ2) is 4.21. The number of nitrogens with one attached hydrogen (secondary N) is 1. The van der Waals surface area contributed by atoms with Crippen molar-refractivity contribution in [1.82, 2.24) is 10.2 Å². The predicted octanol–water partition coefficient (Wildman–Crippen LogP) is -0.257. The van der Waals surface area contributed by atoms with Crippen molar-refractivity contribution < 1.29 is 9.59 Å². The van der Waals surface area contributed by atoms with Crippen LogP contribution >= 0.6 is 0 Å². The van der Waals surface area contributed by atoms with Crippen molar-refractivity contribution in [3.8, 4) is 0 Å². The largest absolute Gasteiger partial charge is 0.315 e. The van der Waals surface area contributed by atoms with Crippen LogP contribution in [0.25, 0.3) is 0 Å². The average Bonchev–Trinajstić information content (AvgIpc) is 2.07. The van der Waals surface area contributed by atoms with Gasteiger partial charge < -0.3 is 5.32 Å². The first-order chi connectivity index (χ1) is 5.75. The Hall–Kier alpha value is -0.900.